The number of imide groups is 1. The van der Waals surface area contributed by atoms with Crippen molar-refractivity contribution in [3.8, 4) is 0 Å². The lowest BCUT2D eigenvalue weighted by Crippen LogP contribution is -2.20. The molecule has 0 spiro atoms. The third-order valence-electron chi connectivity index (χ3n) is 2.07. The van der Waals surface area contributed by atoms with Gasteiger partial charge < -0.3 is 9.84 Å². The molecule has 2 amide bonds. The summed E-state index contributed by atoms with van der Waals surface area (Å²) in [7, 11) is 0. The highest BCUT2D eigenvalue weighted by Crippen LogP contribution is 1.85. The van der Waals surface area contributed by atoms with Crippen molar-refractivity contribution in [1.82, 2.24) is 10.6 Å². The molecule has 0 aromatic carbocycles. The number of rotatable bonds is 12. The summed E-state index contributed by atoms with van der Waals surface area (Å²) in [4.78, 5) is 39.8. The van der Waals surface area contributed by atoms with Crippen LogP contribution in [0.25, 0.3) is 0 Å². The zero-order valence-electron chi connectivity index (χ0n) is 12.7. The zero-order valence-corrected chi connectivity index (χ0v) is 12.7. The van der Waals surface area contributed by atoms with Crippen molar-refractivity contribution in [2.45, 2.75) is 32.6 Å². The first-order valence-electron chi connectivity index (χ1n) is 6.92. The van der Waals surface area contributed by atoms with E-state index >= 15 is 0 Å². The van der Waals surface area contributed by atoms with Gasteiger partial charge in [-0.3, -0.25) is 29.8 Å². The van der Waals surface area contributed by atoms with Crippen molar-refractivity contribution in [1.29, 1.82) is 0 Å². The molecule has 0 aliphatic rings. The molecule has 0 rings (SSSR count). The van der Waals surface area contributed by atoms with Gasteiger partial charge in [-0.05, 0) is 25.5 Å². The number of carboxylic acids is 1. The number of allylic oxidation sites excluding steroid dienone is 1. The number of carbonyl (C=O) groups is 4. The predicted molar refractivity (Wildman–Crippen MR) is 80.0 cm³/mol. The number of nitrogens with one attached hydrogen (secondary N) is 2. The van der Waals surface area contributed by atoms with Crippen LogP contribution < -0.4 is 10.6 Å². The molecular formula is C14H24N2O6. The van der Waals surface area contributed by atoms with Gasteiger partial charge in [-0.2, -0.15) is 0 Å². The third-order valence-corrected chi connectivity index (χ3v) is 2.07. The molecule has 3 N–H and O–H groups in total. The fourth-order valence-corrected chi connectivity index (χ4v) is 1.11. The van der Waals surface area contributed by atoms with E-state index in [-0.39, 0.29) is 12.3 Å². The number of aliphatic carboxylic acids is 1. The number of carbonyl (C=O) groups excluding carboxylic acids is 3. The van der Waals surface area contributed by atoms with Crippen LogP contribution in [-0.4, -0.2) is 49.6 Å². The summed E-state index contributed by atoms with van der Waals surface area (Å²) in [6, 6.07) is 0. The number of amides is 2. The Kier molecular flexibility index (Phi) is 19.1. The average Bonchev–Trinajstić information content (AvgIpc) is 2.46. The van der Waals surface area contributed by atoms with Crippen LogP contribution in [0.3, 0.4) is 0 Å². The number of carboxylic acid groups (broad SMARTS) is 1. The Hall–Kier alpha value is -2.06. The SMILES string of the molecule is CCCC(=O)NC=O.O=C/C=C\COCNCCCC(=O)O. The van der Waals surface area contributed by atoms with E-state index in [0.29, 0.717) is 45.4 Å². The Morgan fingerprint density at radius 2 is 1.95 bits per heavy atom. The van der Waals surface area contributed by atoms with Gasteiger partial charge in [-0.1, -0.05) is 13.0 Å². The lowest BCUT2D eigenvalue weighted by atomic mass is 10.3. The fraction of sp³-hybridized carbons (Fsp3) is 0.571. The molecule has 0 bridgehead atoms. The van der Waals surface area contributed by atoms with Crippen molar-refractivity contribution < 1.29 is 29.0 Å². The normalized spacial score (nSPS) is 9.68. The summed E-state index contributed by atoms with van der Waals surface area (Å²) < 4.78 is 5.04. The molecule has 22 heavy (non-hydrogen) atoms. The molecule has 0 radical (unpaired) electrons. The lowest BCUT2D eigenvalue weighted by molar-refractivity contribution is -0.137. The fourth-order valence-electron chi connectivity index (χ4n) is 1.11. The molecule has 0 unspecified atom stereocenters. The molecule has 0 atom stereocenters. The van der Waals surface area contributed by atoms with Gasteiger partial charge >= 0.3 is 5.97 Å². The van der Waals surface area contributed by atoms with Gasteiger partial charge in [0.15, 0.2) is 0 Å². The van der Waals surface area contributed by atoms with Gasteiger partial charge in [0.2, 0.25) is 12.3 Å². The van der Waals surface area contributed by atoms with Crippen molar-refractivity contribution in [3.05, 3.63) is 12.2 Å². The van der Waals surface area contributed by atoms with Crippen LogP contribution in [0, 0.1) is 0 Å². The topological polar surface area (TPSA) is 122 Å². The van der Waals surface area contributed by atoms with Crippen LogP contribution in [0.2, 0.25) is 0 Å². The molecule has 0 saturated carbocycles. The summed E-state index contributed by atoms with van der Waals surface area (Å²) >= 11 is 0. The Balaban J connectivity index is 0. The molecule has 0 aromatic heterocycles. The summed E-state index contributed by atoms with van der Waals surface area (Å²) in [5.74, 6) is -0.996. The maximum Gasteiger partial charge on any atom is 0.303 e. The van der Waals surface area contributed by atoms with Gasteiger partial charge in [-0.15, -0.1) is 0 Å². The first-order chi connectivity index (χ1) is 10.6. The molecule has 0 fully saturated rings. The summed E-state index contributed by atoms with van der Waals surface area (Å²) in [6.07, 6.45) is 6.01. The van der Waals surface area contributed by atoms with E-state index in [2.05, 4.69) is 5.32 Å². The largest absolute Gasteiger partial charge is 0.481 e. The van der Waals surface area contributed by atoms with E-state index in [1.54, 1.807) is 6.08 Å². The quantitative estimate of drug-likeness (QED) is 0.204. The minimum atomic E-state index is -0.790. The van der Waals surface area contributed by atoms with E-state index in [4.69, 9.17) is 9.84 Å². The van der Waals surface area contributed by atoms with Crippen LogP contribution in [0.15, 0.2) is 12.2 Å². The van der Waals surface area contributed by atoms with Crippen LogP contribution in [0.1, 0.15) is 32.6 Å². The van der Waals surface area contributed by atoms with E-state index in [0.717, 1.165) is 6.42 Å². The highest BCUT2D eigenvalue weighted by Gasteiger charge is 1.94. The molecule has 8 nitrogen and oxygen atoms in total. The first kappa shape index (κ1) is 22.2. The average molecular weight is 316 g/mol. The molecule has 0 heterocycles. The van der Waals surface area contributed by atoms with Gasteiger partial charge in [-0.25, -0.2) is 0 Å². The molecule has 8 heteroatoms. The number of aldehydes is 1. The molecule has 0 saturated heterocycles. The van der Waals surface area contributed by atoms with E-state index < -0.39 is 5.97 Å². The maximum atomic E-state index is 10.3. The summed E-state index contributed by atoms with van der Waals surface area (Å²) in [5, 5.41) is 13.2. The second kappa shape index (κ2) is 18.9. The van der Waals surface area contributed by atoms with Crippen molar-refractivity contribution in [3.63, 3.8) is 0 Å². The molecular weight excluding hydrogens is 292 g/mol. The number of ether oxygens (including phenoxy) is 1. The highest BCUT2D eigenvalue weighted by molar-refractivity contribution is 5.85. The first-order valence-corrected chi connectivity index (χ1v) is 6.92. The lowest BCUT2D eigenvalue weighted by Gasteiger charge is -2.02. The van der Waals surface area contributed by atoms with E-state index in [1.807, 2.05) is 12.2 Å². The second-order valence-corrected chi connectivity index (χ2v) is 4.01. The Morgan fingerprint density at radius 3 is 2.50 bits per heavy atom. The monoisotopic (exact) mass is 316 g/mol. The van der Waals surface area contributed by atoms with Gasteiger partial charge in [0.05, 0.1) is 13.3 Å². The van der Waals surface area contributed by atoms with Crippen LogP contribution in [-0.2, 0) is 23.9 Å². The standard InChI is InChI=1S/C9H15NO4.C5H9NO2/c11-6-1-2-7-14-8-10-5-3-4-9(12)13;1-2-3-5(8)6-4-7/h1-2,6,10H,3-5,7-8H2,(H,12,13);4H,2-3H2,1H3,(H,6,7,8)/b2-1-;. The second-order valence-electron chi connectivity index (χ2n) is 4.01. The van der Waals surface area contributed by atoms with Crippen molar-refractivity contribution in [2.24, 2.45) is 0 Å². The van der Waals surface area contributed by atoms with Gasteiger partial charge in [0, 0.05) is 12.8 Å². The number of hydrogen-bond donors (Lipinski definition) is 3. The van der Waals surface area contributed by atoms with Crippen LogP contribution in [0.4, 0.5) is 0 Å². The van der Waals surface area contributed by atoms with Crippen LogP contribution in [0.5, 0.6) is 0 Å². The maximum absolute atomic E-state index is 10.3. The molecule has 126 valence electrons. The Bertz CT molecular complexity index is 344. The minimum absolute atomic E-state index is 0.165. The molecule has 0 aromatic rings. The number of hydrogen-bond acceptors (Lipinski definition) is 6. The smallest absolute Gasteiger partial charge is 0.303 e. The van der Waals surface area contributed by atoms with Crippen LogP contribution >= 0.6 is 0 Å². The van der Waals surface area contributed by atoms with Crippen molar-refractivity contribution >= 4 is 24.6 Å². The zero-order chi connectivity index (χ0) is 17.1. The van der Waals surface area contributed by atoms with Crippen molar-refractivity contribution in [2.75, 3.05) is 19.9 Å². The third kappa shape index (κ3) is 23.1. The van der Waals surface area contributed by atoms with Gasteiger partial charge in [0.25, 0.3) is 0 Å². The minimum Gasteiger partial charge on any atom is -0.481 e. The highest BCUT2D eigenvalue weighted by atomic mass is 16.5. The summed E-state index contributed by atoms with van der Waals surface area (Å²) in [5.41, 5.74) is 0. The Morgan fingerprint density at radius 1 is 1.23 bits per heavy atom. The van der Waals surface area contributed by atoms with E-state index in [9.17, 15) is 19.2 Å². The molecule has 0 aliphatic carbocycles. The molecule has 0 aliphatic heterocycles. The van der Waals surface area contributed by atoms with E-state index in [1.165, 1.54) is 6.08 Å². The summed E-state index contributed by atoms with van der Waals surface area (Å²) in [6.45, 7) is 3.24. The van der Waals surface area contributed by atoms with Gasteiger partial charge in [0.1, 0.15) is 6.29 Å². The predicted octanol–water partition coefficient (Wildman–Crippen LogP) is 0.229. The Labute approximate surface area is 129 Å².